The number of hydrogen-bond acceptors (Lipinski definition) is 4. The predicted octanol–water partition coefficient (Wildman–Crippen LogP) is 6.02. The number of nitrogens with zero attached hydrogens (tertiary/aromatic N) is 2. The third-order valence-electron chi connectivity index (χ3n) is 4.77. The van der Waals surface area contributed by atoms with Gasteiger partial charge in [-0.25, -0.2) is 9.37 Å². The summed E-state index contributed by atoms with van der Waals surface area (Å²) in [6.45, 7) is 4.40. The van der Waals surface area contributed by atoms with Crippen LogP contribution in [-0.2, 0) is 6.61 Å². The number of hydrogen-bond donors (Lipinski definition) is 1. The van der Waals surface area contributed by atoms with Crippen LogP contribution >= 0.6 is 0 Å². The van der Waals surface area contributed by atoms with Gasteiger partial charge in [0.1, 0.15) is 24.0 Å². The van der Waals surface area contributed by atoms with Gasteiger partial charge < -0.3 is 4.74 Å². The number of anilines is 1. The van der Waals surface area contributed by atoms with Crippen LogP contribution in [0.1, 0.15) is 22.3 Å². The molecule has 0 fully saturated rings. The summed E-state index contributed by atoms with van der Waals surface area (Å²) in [6, 6.07) is 22.3. The summed E-state index contributed by atoms with van der Waals surface area (Å²) in [6.07, 6.45) is 1.76. The fourth-order valence-corrected chi connectivity index (χ4v) is 3.32. The van der Waals surface area contributed by atoms with Gasteiger partial charge in [-0.05, 0) is 78.6 Å². The Kier molecular flexibility index (Phi) is 5.70. The van der Waals surface area contributed by atoms with Crippen molar-refractivity contribution in [2.45, 2.75) is 20.5 Å². The molecule has 150 valence electrons. The fourth-order valence-electron chi connectivity index (χ4n) is 3.32. The monoisotopic (exact) mass is 399 g/mol. The molecule has 0 saturated carbocycles. The Hall–Kier alpha value is -3.73. The first-order chi connectivity index (χ1) is 14.6. The van der Waals surface area contributed by atoms with Crippen LogP contribution in [0, 0.1) is 19.7 Å². The van der Waals surface area contributed by atoms with E-state index in [4.69, 9.17) is 4.74 Å². The molecule has 0 atom stereocenters. The highest BCUT2D eigenvalue weighted by Gasteiger charge is 2.07. The van der Waals surface area contributed by atoms with Crippen molar-refractivity contribution in [3.8, 4) is 5.75 Å². The number of fused-ring (bicyclic) bond motifs is 1. The van der Waals surface area contributed by atoms with Crippen molar-refractivity contribution in [3.63, 3.8) is 0 Å². The van der Waals surface area contributed by atoms with Gasteiger partial charge in [-0.2, -0.15) is 5.10 Å². The van der Waals surface area contributed by atoms with E-state index in [-0.39, 0.29) is 5.82 Å². The van der Waals surface area contributed by atoms with E-state index in [1.165, 1.54) is 12.1 Å². The standard InChI is InChI=1S/C25H22FN3O/c1-17-13-20(14-18(2)25(17)30-16-19-7-10-22(26)11-8-19)15-27-29-24-12-9-21-5-3-4-6-23(21)28-24/h3-15H,16H2,1-2H3,(H,28,29)/b27-15-. The Bertz CT molecular complexity index is 1180. The SMILES string of the molecule is Cc1cc(/C=N\Nc2ccc3ccccc3n2)cc(C)c1OCc1ccc(F)cc1. The molecule has 1 N–H and O–H groups in total. The first kappa shape index (κ1) is 19.6. The summed E-state index contributed by atoms with van der Waals surface area (Å²) in [5.41, 5.74) is 7.83. The van der Waals surface area contributed by atoms with Crippen LogP contribution in [0.3, 0.4) is 0 Å². The van der Waals surface area contributed by atoms with Crippen molar-refractivity contribution in [3.05, 3.63) is 101 Å². The van der Waals surface area contributed by atoms with E-state index in [1.54, 1.807) is 18.3 Å². The molecule has 1 heterocycles. The van der Waals surface area contributed by atoms with Crippen LogP contribution < -0.4 is 10.2 Å². The molecule has 5 heteroatoms. The molecule has 0 aliphatic rings. The molecule has 4 nitrogen and oxygen atoms in total. The molecule has 0 aliphatic heterocycles. The lowest BCUT2D eigenvalue weighted by Gasteiger charge is -2.13. The van der Waals surface area contributed by atoms with E-state index in [0.717, 1.165) is 38.9 Å². The van der Waals surface area contributed by atoms with Crippen molar-refractivity contribution in [2.75, 3.05) is 5.43 Å². The van der Waals surface area contributed by atoms with Gasteiger partial charge in [0.25, 0.3) is 0 Å². The number of para-hydroxylation sites is 1. The van der Waals surface area contributed by atoms with Gasteiger partial charge in [0, 0.05) is 5.39 Å². The number of ether oxygens (including phenoxy) is 1. The average molecular weight is 399 g/mol. The molecular formula is C25H22FN3O. The van der Waals surface area contributed by atoms with Crippen LogP contribution in [0.2, 0.25) is 0 Å². The number of benzene rings is 3. The molecule has 0 aliphatic carbocycles. The van der Waals surface area contributed by atoms with Gasteiger partial charge in [-0.3, -0.25) is 5.43 Å². The molecule has 1 aromatic heterocycles. The zero-order valence-electron chi connectivity index (χ0n) is 16.9. The van der Waals surface area contributed by atoms with Gasteiger partial charge in [0.05, 0.1) is 11.7 Å². The fraction of sp³-hybridized carbons (Fsp3) is 0.120. The molecule has 0 amide bonds. The highest BCUT2D eigenvalue weighted by Crippen LogP contribution is 2.25. The summed E-state index contributed by atoms with van der Waals surface area (Å²) in [4.78, 5) is 4.55. The van der Waals surface area contributed by atoms with E-state index in [0.29, 0.717) is 12.4 Å². The van der Waals surface area contributed by atoms with Crippen molar-refractivity contribution in [2.24, 2.45) is 5.10 Å². The maximum atomic E-state index is 13.0. The Morgan fingerprint density at radius 2 is 1.70 bits per heavy atom. The zero-order chi connectivity index (χ0) is 20.9. The van der Waals surface area contributed by atoms with E-state index >= 15 is 0 Å². The van der Waals surface area contributed by atoms with Crippen molar-refractivity contribution < 1.29 is 9.13 Å². The number of aromatic nitrogens is 1. The van der Waals surface area contributed by atoms with Gasteiger partial charge >= 0.3 is 0 Å². The predicted molar refractivity (Wildman–Crippen MR) is 120 cm³/mol. The van der Waals surface area contributed by atoms with Crippen molar-refractivity contribution in [1.29, 1.82) is 0 Å². The Labute approximate surface area is 175 Å². The Morgan fingerprint density at radius 3 is 2.47 bits per heavy atom. The van der Waals surface area contributed by atoms with Crippen molar-refractivity contribution in [1.82, 2.24) is 4.98 Å². The molecule has 4 rings (SSSR count). The lowest BCUT2D eigenvalue weighted by atomic mass is 10.1. The highest BCUT2D eigenvalue weighted by atomic mass is 19.1. The van der Waals surface area contributed by atoms with Crippen LogP contribution in [0.5, 0.6) is 5.75 Å². The Morgan fingerprint density at radius 1 is 0.967 bits per heavy atom. The van der Waals surface area contributed by atoms with Gasteiger partial charge in [-0.15, -0.1) is 0 Å². The minimum atomic E-state index is -0.248. The third-order valence-corrected chi connectivity index (χ3v) is 4.77. The second-order valence-corrected chi connectivity index (χ2v) is 7.16. The largest absolute Gasteiger partial charge is 0.488 e. The number of halogens is 1. The van der Waals surface area contributed by atoms with Gasteiger partial charge in [-0.1, -0.05) is 30.3 Å². The maximum absolute atomic E-state index is 13.0. The summed E-state index contributed by atoms with van der Waals surface area (Å²) < 4.78 is 19.0. The normalized spacial score (nSPS) is 11.2. The molecule has 0 unspecified atom stereocenters. The summed E-state index contributed by atoms with van der Waals surface area (Å²) in [5.74, 6) is 1.28. The second-order valence-electron chi connectivity index (χ2n) is 7.16. The number of aryl methyl sites for hydroxylation is 2. The molecule has 30 heavy (non-hydrogen) atoms. The molecule has 3 aromatic carbocycles. The van der Waals surface area contributed by atoms with E-state index < -0.39 is 0 Å². The van der Waals surface area contributed by atoms with Crippen LogP contribution in [0.15, 0.2) is 77.9 Å². The Balaban J connectivity index is 1.43. The summed E-state index contributed by atoms with van der Waals surface area (Å²) >= 11 is 0. The van der Waals surface area contributed by atoms with Crippen LogP contribution in [-0.4, -0.2) is 11.2 Å². The minimum Gasteiger partial charge on any atom is -0.488 e. The first-order valence-corrected chi connectivity index (χ1v) is 9.72. The van der Waals surface area contributed by atoms with Crippen molar-refractivity contribution >= 4 is 22.9 Å². The topological polar surface area (TPSA) is 46.5 Å². The highest BCUT2D eigenvalue weighted by molar-refractivity contribution is 5.82. The summed E-state index contributed by atoms with van der Waals surface area (Å²) in [7, 11) is 0. The second kappa shape index (κ2) is 8.74. The number of rotatable bonds is 6. The quantitative estimate of drug-likeness (QED) is 0.319. The molecular weight excluding hydrogens is 377 g/mol. The van der Waals surface area contributed by atoms with E-state index in [2.05, 4.69) is 15.5 Å². The molecule has 0 spiro atoms. The third kappa shape index (κ3) is 4.63. The van der Waals surface area contributed by atoms with Crippen LogP contribution in [0.4, 0.5) is 10.2 Å². The lowest BCUT2D eigenvalue weighted by Crippen LogP contribution is -2.00. The van der Waals surface area contributed by atoms with E-state index in [9.17, 15) is 4.39 Å². The molecule has 0 radical (unpaired) electrons. The smallest absolute Gasteiger partial charge is 0.146 e. The van der Waals surface area contributed by atoms with Gasteiger partial charge in [0.15, 0.2) is 0 Å². The number of nitrogens with one attached hydrogen (secondary N) is 1. The lowest BCUT2D eigenvalue weighted by molar-refractivity contribution is 0.302. The molecule has 0 bridgehead atoms. The zero-order valence-corrected chi connectivity index (χ0v) is 16.9. The van der Waals surface area contributed by atoms with E-state index in [1.807, 2.05) is 62.4 Å². The molecule has 4 aromatic rings. The minimum absolute atomic E-state index is 0.248. The maximum Gasteiger partial charge on any atom is 0.146 e. The average Bonchev–Trinajstić information content (AvgIpc) is 2.74. The molecule has 0 saturated heterocycles. The first-order valence-electron chi connectivity index (χ1n) is 9.72. The van der Waals surface area contributed by atoms with Crippen LogP contribution in [0.25, 0.3) is 10.9 Å². The van der Waals surface area contributed by atoms with Gasteiger partial charge in [0.2, 0.25) is 0 Å². The number of pyridine rings is 1. The number of hydrazone groups is 1. The summed E-state index contributed by atoms with van der Waals surface area (Å²) in [5, 5.41) is 5.41.